The van der Waals surface area contributed by atoms with Gasteiger partial charge in [-0.05, 0) is 0 Å². The van der Waals surface area contributed by atoms with Gasteiger partial charge < -0.3 is 25.0 Å². The third-order valence-corrected chi connectivity index (χ3v) is 3.71. The molecule has 0 saturated carbocycles. The van der Waals surface area contributed by atoms with E-state index < -0.39 is 24.5 Å². The molecule has 4 atom stereocenters. The number of nitrogens with one attached hydrogen (secondary N) is 2. The molecule has 1 aliphatic heterocycles. The second kappa shape index (κ2) is 5.65. The SMILES string of the molecule is CNc1nc2c(ncn2[C@@H]2O[C@H](CO)[C@H](O)C2OC)c(=O)[nH]1. The third kappa shape index (κ3) is 2.16. The van der Waals surface area contributed by atoms with E-state index in [1.165, 1.54) is 18.0 Å². The van der Waals surface area contributed by atoms with Crippen LogP contribution in [0.2, 0.25) is 0 Å². The van der Waals surface area contributed by atoms with Crippen molar-refractivity contribution >= 4 is 17.1 Å². The molecule has 10 nitrogen and oxygen atoms in total. The van der Waals surface area contributed by atoms with Crippen LogP contribution < -0.4 is 10.9 Å². The molecule has 0 spiro atoms. The van der Waals surface area contributed by atoms with E-state index in [4.69, 9.17) is 9.47 Å². The van der Waals surface area contributed by atoms with Crippen LogP contribution in [0.25, 0.3) is 11.2 Å². The quantitative estimate of drug-likeness (QED) is 0.532. The molecule has 2 aromatic rings. The summed E-state index contributed by atoms with van der Waals surface area (Å²) >= 11 is 0. The lowest BCUT2D eigenvalue weighted by Gasteiger charge is -2.19. The standard InChI is InChI=1S/C12H17N5O5/c1-13-12-15-9-6(10(20)16-12)14-4-17(9)11-8(21-2)7(19)5(3-18)22-11/h4-5,7-8,11,18-19H,3H2,1-2H3,(H2,13,15,16,20)/t5-,7+,8?,11-/m1/s1. The summed E-state index contributed by atoms with van der Waals surface area (Å²) in [4.78, 5) is 22.8. The Hall–Kier alpha value is -2.01. The number of aromatic nitrogens is 4. The van der Waals surface area contributed by atoms with Gasteiger partial charge in [0.1, 0.15) is 18.3 Å². The summed E-state index contributed by atoms with van der Waals surface area (Å²) in [5.74, 6) is 0.283. The Morgan fingerprint density at radius 2 is 2.36 bits per heavy atom. The summed E-state index contributed by atoms with van der Waals surface area (Å²) in [5.41, 5.74) is 0.0599. The number of aliphatic hydroxyl groups excluding tert-OH is 2. The van der Waals surface area contributed by atoms with Gasteiger partial charge in [-0.15, -0.1) is 0 Å². The molecule has 0 amide bonds. The van der Waals surface area contributed by atoms with Gasteiger partial charge in [0.25, 0.3) is 5.56 Å². The van der Waals surface area contributed by atoms with E-state index in [9.17, 15) is 15.0 Å². The molecule has 10 heteroatoms. The van der Waals surface area contributed by atoms with Crippen molar-refractivity contribution in [1.29, 1.82) is 0 Å². The first kappa shape index (κ1) is 14.9. The zero-order chi connectivity index (χ0) is 15.9. The molecule has 1 fully saturated rings. The molecular formula is C12H17N5O5. The molecule has 2 aromatic heterocycles. The lowest BCUT2D eigenvalue weighted by Crippen LogP contribution is -2.34. The fourth-order valence-corrected chi connectivity index (χ4v) is 2.58. The fraction of sp³-hybridized carbons (Fsp3) is 0.583. The second-order valence-electron chi connectivity index (χ2n) is 4.93. The van der Waals surface area contributed by atoms with Crippen molar-refractivity contribution in [1.82, 2.24) is 19.5 Å². The number of fused-ring (bicyclic) bond motifs is 1. The highest BCUT2D eigenvalue weighted by Gasteiger charge is 2.45. The number of hydrogen-bond acceptors (Lipinski definition) is 8. The highest BCUT2D eigenvalue weighted by atomic mass is 16.6. The Morgan fingerprint density at radius 3 is 3.00 bits per heavy atom. The predicted molar refractivity (Wildman–Crippen MR) is 75.5 cm³/mol. The molecular weight excluding hydrogens is 294 g/mol. The van der Waals surface area contributed by atoms with Crippen molar-refractivity contribution in [3.05, 3.63) is 16.7 Å². The van der Waals surface area contributed by atoms with Gasteiger partial charge >= 0.3 is 0 Å². The van der Waals surface area contributed by atoms with Crippen molar-refractivity contribution in [2.45, 2.75) is 24.5 Å². The molecule has 120 valence electrons. The van der Waals surface area contributed by atoms with Crippen LogP contribution in [-0.2, 0) is 9.47 Å². The van der Waals surface area contributed by atoms with Gasteiger partial charge in [0.05, 0.1) is 12.9 Å². The highest BCUT2D eigenvalue weighted by Crippen LogP contribution is 2.32. The minimum atomic E-state index is -0.997. The summed E-state index contributed by atoms with van der Waals surface area (Å²) in [6.45, 7) is -0.347. The summed E-state index contributed by atoms with van der Waals surface area (Å²) in [5, 5.41) is 22.1. The number of ether oxygens (including phenoxy) is 2. The monoisotopic (exact) mass is 311 g/mol. The second-order valence-corrected chi connectivity index (χ2v) is 4.93. The minimum Gasteiger partial charge on any atom is -0.394 e. The van der Waals surface area contributed by atoms with E-state index in [0.717, 1.165) is 0 Å². The zero-order valence-corrected chi connectivity index (χ0v) is 12.1. The van der Waals surface area contributed by atoms with Gasteiger partial charge in [-0.3, -0.25) is 14.3 Å². The highest BCUT2D eigenvalue weighted by molar-refractivity contribution is 5.70. The molecule has 3 heterocycles. The largest absolute Gasteiger partial charge is 0.394 e. The van der Waals surface area contributed by atoms with E-state index >= 15 is 0 Å². The molecule has 1 saturated heterocycles. The normalized spacial score (nSPS) is 28.4. The van der Waals surface area contributed by atoms with Crippen molar-refractivity contribution in [3.63, 3.8) is 0 Å². The Balaban J connectivity index is 2.10. The molecule has 0 bridgehead atoms. The molecule has 0 aromatic carbocycles. The van der Waals surface area contributed by atoms with Gasteiger partial charge in [0, 0.05) is 14.2 Å². The topological polar surface area (TPSA) is 135 Å². The van der Waals surface area contributed by atoms with Gasteiger partial charge in [0.15, 0.2) is 17.4 Å². The zero-order valence-electron chi connectivity index (χ0n) is 12.1. The maximum Gasteiger partial charge on any atom is 0.280 e. The molecule has 22 heavy (non-hydrogen) atoms. The Labute approximate surface area is 124 Å². The first-order valence-electron chi connectivity index (χ1n) is 6.72. The molecule has 1 aliphatic rings. The minimum absolute atomic E-state index is 0.152. The molecule has 0 radical (unpaired) electrons. The lowest BCUT2D eigenvalue weighted by molar-refractivity contribution is -0.0583. The van der Waals surface area contributed by atoms with Crippen LogP contribution in [0.1, 0.15) is 6.23 Å². The van der Waals surface area contributed by atoms with Gasteiger partial charge in [-0.2, -0.15) is 4.98 Å². The van der Waals surface area contributed by atoms with Crippen LogP contribution in [0.5, 0.6) is 0 Å². The van der Waals surface area contributed by atoms with Gasteiger partial charge in [0.2, 0.25) is 5.95 Å². The first-order chi connectivity index (χ1) is 10.6. The molecule has 4 N–H and O–H groups in total. The van der Waals surface area contributed by atoms with Crippen molar-refractivity contribution in [3.8, 4) is 0 Å². The number of methoxy groups -OCH3 is 1. The van der Waals surface area contributed by atoms with Gasteiger partial charge in [-0.25, -0.2) is 4.98 Å². The number of hydrogen-bond donors (Lipinski definition) is 4. The van der Waals surface area contributed by atoms with Crippen LogP contribution in [0.15, 0.2) is 11.1 Å². The van der Waals surface area contributed by atoms with E-state index in [1.54, 1.807) is 7.05 Å². The Morgan fingerprint density at radius 1 is 1.59 bits per heavy atom. The van der Waals surface area contributed by atoms with E-state index in [-0.39, 0.29) is 23.6 Å². The number of aromatic amines is 1. The average Bonchev–Trinajstić information content (AvgIpc) is 3.07. The molecule has 1 unspecified atom stereocenters. The third-order valence-electron chi connectivity index (χ3n) is 3.71. The Kier molecular flexibility index (Phi) is 3.83. The summed E-state index contributed by atoms with van der Waals surface area (Å²) in [6, 6.07) is 0. The van der Waals surface area contributed by atoms with Crippen LogP contribution in [0.3, 0.4) is 0 Å². The number of H-pyrrole nitrogens is 1. The number of imidazole rings is 1. The number of rotatable bonds is 4. The number of nitrogens with zero attached hydrogens (tertiary/aromatic N) is 3. The Bertz CT molecular complexity index is 728. The summed E-state index contributed by atoms with van der Waals surface area (Å²) < 4.78 is 12.4. The van der Waals surface area contributed by atoms with Crippen LogP contribution in [-0.4, -0.2) is 68.8 Å². The summed E-state index contributed by atoms with van der Waals surface area (Å²) in [7, 11) is 3.06. The molecule has 3 rings (SSSR count). The van der Waals surface area contributed by atoms with Crippen molar-refractivity contribution in [2.75, 3.05) is 26.1 Å². The first-order valence-corrected chi connectivity index (χ1v) is 6.72. The van der Waals surface area contributed by atoms with Gasteiger partial charge in [-0.1, -0.05) is 0 Å². The predicted octanol–water partition coefficient (Wildman–Crippen LogP) is -1.57. The number of anilines is 1. The van der Waals surface area contributed by atoms with Crippen LogP contribution >= 0.6 is 0 Å². The smallest absolute Gasteiger partial charge is 0.280 e. The number of aliphatic hydroxyl groups is 2. The maximum atomic E-state index is 11.9. The van der Waals surface area contributed by atoms with Crippen LogP contribution in [0, 0.1) is 0 Å². The van der Waals surface area contributed by atoms with E-state index in [2.05, 4.69) is 20.3 Å². The summed E-state index contributed by atoms with van der Waals surface area (Å²) in [6.07, 6.45) is -1.84. The molecule has 0 aliphatic carbocycles. The fourth-order valence-electron chi connectivity index (χ4n) is 2.58. The maximum absolute atomic E-state index is 11.9. The van der Waals surface area contributed by atoms with E-state index in [0.29, 0.717) is 5.65 Å². The lowest BCUT2D eigenvalue weighted by atomic mass is 10.1. The van der Waals surface area contributed by atoms with E-state index in [1.807, 2.05) is 0 Å². The van der Waals surface area contributed by atoms with Crippen molar-refractivity contribution < 1.29 is 19.7 Å². The van der Waals surface area contributed by atoms with Crippen LogP contribution in [0.4, 0.5) is 5.95 Å². The average molecular weight is 311 g/mol. The van der Waals surface area contributed by atoms with Crippen molar-refractivity contribution in [2.24, 2.45) is 0 Å².